The molecule has 1 atom stereocenters. The summed E-state index contributed by atoms with van der Waals surface area (Å²) in [6.07, 6.45) is 1.10. The molecule has 124 valence electrons. The number of benzene rings is 1. The lowest BCUT2D eigenvalue weighted by Gasteiger charge is -2.30. The van der Waals surface area contributed by atoms with Crippen molar-refractivity contribution in [1.82, 2.24) is 10.2 Å². The highest BCUT2D eigenvalue weighted by atomic mass is 16.2. The summed E-state index contributed by atoms with van der Waals surface area (Å²) in [5.74, 6) is 0.880. The fourth-order valence-electron chi connectivity index (χ4n) is 2.72. The van der Waals surface area contributed by atoms with Crippen LogP contribution in [-0.2, 0) is 11.2 Å². The van der Waals surface area contributed by atoms with Crippen LogP contribution in [0.2, 0.25) is 0 Å². The van der Waals surface area contributed by atoms with E-state index in [1.165, 1.54) is 5.56 Å². The summed E-state index contributed by atoms with van der Waals surface area (Å²) in [5, 5.41) is 3.28. The number of nitrogens with zero attached hydrogens (tertiary/aromatic N) is 1. The van der Waals surface area contributed by atoms with Crippen molar-refractivity contribution in [2.75, 3.05) is 26.2 Å². The summed E-state index contributed by atoms with van der Waals surface area (Å²) in [6.45, 7) is 13.9. The van der Waals surface area contributed by atoms with E-state index < -0.39 is 0 Å². The van der Waals surface area contributed by atoms with Crippen LogP contribution in [0.4, 0.5) is 0 Å². The van der Waals surface area contributed by atoms with Crippen LogP contribution in [0.1, 0.15) is 51.7 Å². The SMILES string of the molecule is CC.CC(C)Cc1ccc(C(C)C(=O)N2CCNCC2)cc1. The van der Waals surface area contributed by atoms with E-state index in [1.807, 2.05) is 25.7 Å². The molecule has 1 saturated heterocycles. The van der Waals surface area contributed by atoms with Crippen LogP contribution < -0.4 is 5.32 Å². The maximum Gasteiger partial charge on any atom is 0.229 e. The van der Waals surface area contributed by atoms with Crippen LogP contribution in [0.15, 0.2) is 24.3 Å². The third kappa shape index (κ3) is 5.45. The second-order valence-electron chi connectivity index (χ2n) is 6.14. The summed E-state index contributed by atoms with van der Waals surface area (Å²) >= 11 is 0. The molecule has 1 aliphatic heterocycles. The maximum absolute atomic E-state index is 12.5. The van der Waals surface area contributed by atoms with Gasteiger partial charge in [-0.2, -0.15) is 0 Å². The highest BCUT2D eigenvalue weighted by Crippen LogP contribution is 2.20. The summed E-state index contributed by atoms with van der Waals surface area (Å²) in [7, 11) is 0. The quantitative estimate of drug-likeness (QED) is 0.924. The summed E-state index contributed by atoms with van der Waals surface area (Å²) in [4.78, 5) is 14.4. The predicted molar refractivity (Wildman–Crippen MR) is 94.2 cm³/mol. The average molecular weight is 304 g/mol. The number of carbonyl (C=O) groups is 1. The summed E-state index contributed by atoms with van der Waals surface area (Å²) < 4.78 is 0. The Kier molecular flexibility index (Phi) is 8.18. The number of carbonyl (C=O) groups excluding carboxylic acids is 1. The Labute approximate surface area is 136 Å². The van der Waals surface area contributed by atoms with E-state index in [0.29, 0.717) is 5.92 Å². The molecule has 3 heteroatoms. The lowest BCUT2D eigenvalue weighted by atomic mass is 9.96. The van der Waals surface area contributed by atoms with Crippen LogP contribution in [0.3, 0.4) is 0 Å². The first kappa shape index (κ1) is 18.7. The molecule has 0 spiro atoms. The molecule has 1 amide bonds. The van der Waals surface area contributed by atoms with Crippen molar-refractivity contribution in [1.29, 1.82) is 0 Å². The van der Waals surface area contributed by atoms with Gasteiger partial charge in [-0.15, -0.1) is 0 Å². The van der Waals surface area contributed by atoms with Crippen molar-refractivity contribution < 1.29 is 4.79 Å². The third-order valence-electron chi connectivity index (χ3n) is 3.92. The normalized spacial score (nSPS) is 16.0. The molecule has 3 nitrogen and oxygen atoms in total. The first-order chi connectivity index (χ1) is 10.6. The molecule has 1 unspecified atom stereocenters. The summed E-state index contributed by atoms with van der Waals surface area (Å²) in [5.41, 5.74) is 2.48. The summed E-state index contributed by atoms with van der Waals surface area (Å²) in [6, 6.07) is 8.55. The Balaban J connectivity index is 0.00000116. The molecule has 0 aliphatic carbocycles. The molecule has 1 aromatic carbocycles. The topological polar surface area (TPSA) is 32.3 Å². The molecule has 0 radical (unpaired) electrons. The van der Waals surface area contributed by atoms with Crippen molar-refractivity contribution in [2.45, 2.75) is 47.0 Å². The van der Waals surface area contributed by atoms with E-state index in [4.69, 9.17) is 0 Å². The molecular weight excluding hydrogens is 272 g/mol. The van der Waals surface area contributed by atoms with Gasteiger partial charge < -0.3 is 10.2 Å². The first-order valence-electron chi connectivity index (χ1n) is 8.66. The van der Waals surface area contributed by atoms with Crippen LogP contribution in [0.5, 0.6) is 0 Å². The second kappa shape index (κ2) is 9.62. The zero-order chi connectivity index (χ0) is 16.5. The van der Waals surface area contributed by atoms with Crippen LogP contribution in [0, 0.1) is 5.92 Å². The molecule has 1 heterocycles. The third-order valence-corrected chi connectivity index (χ3v) is 3.92. The van der Waals surface area contributed by atoms with E-state index in [9.17, 15) is 4.79 Å². The number of hydrogen-bond acceptors (Lipinski definition) is 2. The minimum absolute atomic E-state index is 0.0406. The Bertz CT molecular complexity index is 433. The molecule has 1 aromatic rings. The largest absolute Gasteiger partial charge is 0.340 e. The fraction of sp³-hybridized carbons (Fsp3) is 0.632. The second-order valence-corrected chi connectivity index (χ2v) is 6.14. The lowest BCUT2D eigenvalue weighted by Crippen LogP contribution is -2.47. The van der Waals surface area contributed by atoms with E-state index in [-0.39, 0.29) is 11.8 Å². The van der Waals surface area contributed by atoms with E-state index in [2.05, 4.69) is 43.4 Å². The van der Waals surface area contributed by atoms with Gasteiger partial charge in [0.25, 0.3) is 0 Å². The minimum Gasteiger partial charge on any atom is -0.340 e. The molecule has 0 saturated carbocycles. The maximum atomic E-state index is 12.5. The Morgan fingerprint density at radius 3 is 2.14 bits per heavy atom. The van der Waals surface area contributed by atoms with Gasteiger partial charge in [0.05, 0.1) is 5.92 Å². The molecule has 2 rings (SSSR count). The van der Waals surface area contributed by atoms with Crippen LogP contribution in [0.25, 0.3) is 0 Å². The van der Waals surface area contributed by atoms with Crippen LogP contribution in [-0.4, -0.2) is 37.0 Å². The van der Waals surface area contributed by atoms with Crippen molar-refractivity contribution in [3.05, 3.63) is 35.4 Å². The van der Waals surface area contributed by atoms with Gasteiger partial charge in [0.1, 0.15) is 0 Å². The molecule has 0 aromatic heterocycles. The fourth-order valence-corrected chi connectivity index (χ4v) is 2.72. The minimum atomic E-state index is -0.0406. The van der Waals surface area contributed by atoms with Crippen molar-refractivity contribution in [2.24, 2.45) is 5.92 Å². The Morgan fingerprint density at radius 1 is 1.09 bits per heavy atom. The van der Waals surface area contributed by atoms with Crippen molar-refractivity contribution in [3.8, 4) is 0 Å². The Morgan fingerprint density at radius 2 is 1.64 bits per heavy atom. The molecule has 1 aliphatic rings. The van der Waals surface area contributed by atoms with E-state index >= 15 is 0 Å². The number of amides is 1. The van der Waals surface area contributed by atoms with Gasteiger partial charge in [0, 0.05) is 26.2 Å². The molecule has 1 N–H and O–H groups in total. The van der Waals surface area contributed by atoms with Gasteiger partial charge in [0.15, 0.2) is 0 Å². The number of nitrogens with one attached hydrogen (secondary N) is 1. The highest BCUT2D eigenvalue weighted by Gasteiger charge is 2.22. The smallest absolute Gasteiger partial charge is 0.229 e. The Hall–Kier alpha value is -1.35. The molecule has 22 heavy (non-hydrogen) atoms. The van der Waals surface area contributed by atoms with Gasteiger partial charge >= 0.3 is 0 Å². The zero-order valence-electron chi connectivity index (χ0n) is 14.9. The predicted octanol–water partition coefficient (Wildman–Crippen LogP) is 3.45. The van der Waals surface area contributed by atoms with Gasteiger partial charge in [0.2, 0.25) is 5.91 Å². The molecular formula is C19H32N2O. The molecule has 1 fully saturated rings. The highest BCUT2D eigenvalue weighted by molar-refractivity contribution is 5.83. The zero-order valence-corrected chi connectivity index (χ0v) is 14.9. The van der Waals surface area contributed by atoms with Crippen molar-refractivity contribution >= 4 is 5.91 Å². The van der Waals surface area contributed by atoms with E-state index in [1.54, 1.807) is 0 Å². The van der Waals surface area contributed by atoms with Gasteiger partial charge in [-0.05, 0) is 30.4 Å². The monoisotopic (exact) mass is 304 g/mol. The van der Waals surface area contributed by atoms with E-state index in [0.717, 1.165) is 38.2 Å². The first-order valence-corrected chi connectivity index (χ1v) is 8.66. The van der Waals surface area contributed by atoms with Gasteiger partial charge in [-0.25, -0.2) is 0 Å². The van der Waals surface area contributed by atoms with Crippen molar-refractivity contribution in [3.63, 3.8) is 0 Å². The average Bonchev–Trinajstić information content (AvgIpc) is 2.56. The van der Waals surface area contributed by atoms with Crippen LogP contribution >= 0.6 is 0 Å². The standard InChI is InChI=1S/C17H26N2O.C2H6/c1-13(2)12-15-4-6-16(7-5-15)14(3)17(20)19-10-8-18-9-11-19;1-2/h4-7,13-14,18H,8-12H2,1-3H3;1-2H3. The van der Waals surface area contributed by atoms with Gasteiger partial charge in [-0.1, -0.05) is 52.0 Å². The number of hydrogen-bond donors (Lipinski definition) is 1. The van der Waals surface area contributed by atoms with Gasteiger partial charge in [-0.3, -0.25) is 4.79 Å². The number of piperazine rings is 1. The molecule has 0 bridgehead atoms. The number of rotatable bonds is 4. The lowest BCUT2D eigenvalue weighted by molar-refractivity contribution is -0.133.